The molecule has 3 aromatic rings. The van der Waals surface area contributed by atoms with Crippen molar-refractivity contribution in [1.82, 2.24) is 25.2 Å². The molecule has 0 unspecified atom stereocenters. The van der Waals surface area contributed by atoms with Gasteiger partial charge < -0.3 is 19.5 Å². The van der Waals surface area contributed by atoms with Crippen LogP contribution in [0.5, 0.6) is 0 Å². The van der Waals surface area contributed by atoms with Crippen LogP contribution < -0.4 is 10.2 Å². The number of hydrogen-bond donors (Lipinski definition) is 1. The molecule has 8 nitrogen and oxygen atoms in total. The average molecular weight is 505 g/mol. The van der Waals surface area contributed by atoms with E-state index in [0.717, 1.165) is 49.3 Å². The quantitative estimate of drug-likeness (QED) is 0.332. The number of guanidine groups is 1. The van der Waals surface area contributed by atoms with Gasteiger partial charge in [0.2, 0.25) is 11.8 Å². The van der Waals surface area contributed by atoms with E-state index in [4.69, 9.17) is 4.42 Å². The van der Waals surface area contributed by atoms with Gasteiger partial charge in [-0.1, -0.05) is 18.2 Å². The van der Waals surface area contributed by atoms with Crippen LogP contribution in [0.4, 0.5) is 5.95 Å². The minimum atomic E-state index is 0. The Bertz CT molecular complexity index is 909. The van der Waals surface area contributed by atoms with Gasteiger partial charge >= 0.3 is 0 Å². The van der Waals surface area contributed by atoms with E-state index in [9.17, 15) is 0 Å². The first-order valence-electron chi connectivity index (χ1n) is 9.31. The number of oxazole rings is 1. The molecule has 1 aliphatic rings. The highest BCUT2D eigenvalue weighted by Crippen LogP contribution is 2.18. The van der Waals surface area contributed by atoms with E-state index in [1.54, 1.807) is 25.7 Å². The molecule has 0 aliphatic carbocycles. The number of hydrogen-bond acceptors (Lipinski definition) is 6. The van der Waals surface area contributed by atoms with Gasteiger partial charge in [-0.05, 0) is 18.2 Å². The molecule has 0 amide bonds. The van der Waals surface area contributed by atoms with E-state index >= 15 is 0 Å². The van der Waals surface area contributed by atoms with Crippen molar-refractivity contribution in [1.29, 1.82) is 0 Å². The third-order valence-electron chi connectivity index (χ3n) is 4.63. The minimum Gasteiger partial charge on any atom is -0.444 e. The smallest absolute Gasteiger partial charge is 0.226 e. The SMILES string of the molecule is CN=C(NCc1coc(-c2ccccc2)n1)N1CCN(c2ncccn2)CC1.I. The molecule has 0 radical (unpaired) electrons. The second-order valence-corrected chi connectivity index (χ2v) is 6.43. The molecule has 152 valence electrons. The lowest BCUT2D eigenvalue weighted by Crippen LogP contribution is -2.52. The number of nitrogens with zero attached hydrogens (tertiary/aromatic N) is 6. The zero-order valence-corrected chi connectivity index (χ0v) is 18.6. The lowest BCUT2D eigenvalue weighted by atomic mass is 10.2. The van der Waals surface area contributed by atoms with Crippen molar-refractivity contribution in [2.75, 3.05) is 38.1 Å². The lowest BCUT2D eigenvalue weighted by molar-refractivity contribution is 0.370. The average Bonchev–Trinajstić information content (AvgIpc) is 3.25. The maximum atomic E-state index is 5.60. The summed E-state index contributed by atoms with van der Waals surface area (Å²) >= 11 is 0. The Morgan fingerprint density at radius 2 is 1.79 bits per heavy atom. The van der Waals surface area contributed by atoms with Gasteiger partial charge in [0.05, 0.1) is 12.2 Å². The summed E-state index contributed by atoms with van der Waals surface area (Å²) in [5.74, 6) is 2.27. The van der Waals surface area contributed by atoms with E-state index in [2.05, 4.69) is 35.1 Å². The molecule has 1 fully saturated rings. The Balaban J connectivity index is 0.00000240. The largest absolute Gasteiger partial charge is 0.444 e. The first-order chi connectivity index (χ1) is 13.8. The molecule has 1 aliphatic heterocycles. The molecule has 0 saturated carbocycles. The summed E-state index contributed by atoms with van der Waals surface area (Å²) in [6.07, 6.45) is 5.24. The van der Waals surface area contributed by atoms with Crippen molar-refractivity contribution in [3.8, 4) is 11.5 Å². The second-order valence-electron chi connectivity index (χ2n) is 6.43. The van der Waals surface area contributed by atoms with Gasteiger partial charge in [0.1, 0.15) is 6.26 Å². The molecule has 1 aromatic carbocycles. The van der Waals surface area contributed by atoms with Crippen LogP contribution in [0.15, 0.2) is 64.5 Å². The maximum Gasteiger partial charge on any atom is 0.226 e. The number of anilines is 1. The van der Waals surface area contributed by atoms with Crippen LogP contribution in [-0.2, 0) is 6.54 Å². The summed E-state index contributed by atoms with van der Waals surface area (Å²) in [6.45, 7) is 3.97. The molecule has 29 heavy (non-hydrogen) atoms. The summed E-state index contributed by atoms with van der Waals surface area (Å²) in [7, 11) is 1.80. The fourth-order valence-electron chi connectivity index (χ4n) is 3.18. The van der Waals surface area contributed by atoms with Gasteiger partial charge in [-0.15, -0.1) is 24.0 Å². The molecule has 9 heteroatoms. The van der Waals surface area contributed by atoms with Gasteiger partial charge in [-0.25, -0.2) is 15.0 Å². The van der Waals surface area contributed by atoms with E-state index in [-0.39, 0.29) is 24.0 Å². The molecule has 2 aromatic heterocycles. The summed E-state index contributed by atoms with van der Waals surface area (Å²) in [5.41, 5.74) is 1.81. The zero-order chi connectivity index (χ0) is 19.2. The highest BCUT2D eigenvalue weighted by atomic mass is 127. The van der Waals surface area contributed by atoms with E-state index in [1.807, 2.05) is 36.4 Å². The fraction of sp³-hybridized carbons (Fsp3) is 0.300. The summed E-state index contributed by atoms with van der Waals surface area (Å²) in [6, 6.07) is 11.7. The van der Waals surface area contributed by atoms with Crippen LogP contribution in [-0.4, -0.2) is 59.0 Å². The van der Waals surface area contributed by atoms with Gasteiger partial charge in [0.25, 0.3) is 0 Å². The summed E-state index contributed by atoms with van der Waals surface area (Å²) in [5, 5.41) is 3.38. The normalized spacial score (nSPS) is 14.4. The van der Waals surface area contributed by atoms with Crippen LogP contribution in [0, 0.1) is 0 Å². The van der Waals surface area contributed by atoms with Gasteiger partial charge in [0.15, 0.2) is 5.96 Å². The van der Waals surface area contributed by atoms with Crippen molar-refractivity contribution < 1.29 is 4.42 Å². The monoisotopic (exact) mass is 505 g/mol. The van der Waals surface area contributed by atoms with Gasteiger partial charge in [-0.2, -0.15) is 0 Å². The Kier molecular flexibility index (Phi) is 7.39. The van der Waals surface area contributed by atoms with E-state index in [0.29, 0.717) is 12.4 Å². The van der Waals surface area contributed by atoms with Crippen molar-refractivity contribution in [3.63, 3.8) is 0 Å². The Hall–Kier alpha value is -2.69. The van der Waals surface area contributed by atoms with E-state index in [1.165, 1.54) is 0 Å². The number of piperazine rings is 1. The summed E-state index contributed by atoms with van der Waals surface area (Å²) < 4.78 is 5.60. The zero-order valence-electron chi connectivity index (χ0n) is 16.2. The molecular weight excluding hydrogens is 481 g/mol. The van der Waals surface area contributed by atoms with Crippen molar-refractivity contribution in [2.24, 2.45) is 4.99 Å². The molecule has 1 saturated heterocycles. The predicted octanol–water partition coefficient (Wildman–Crippen LogP) is 2.65. The Labute approximate surface area is 187 Å². The molecule has 0 spiro atoms. The van der Waals surface area contributed by atoms with Gasteiger partial charge in [0, 0.05) is 51.2 Å². The highest BCUT2D eigenvalue weighted by Gasteiger charge is 2.21. The van der Waals surface area contributed by atoms with Crippen LogP contribution >= 0.6 is 24.0 Å². The third kappa shape index (κ3) is 5.22. The highest BCUT2D eigenvalue weighted by molar-refractivity contribution is 14.0. The molecule has 0 atom stereocenters. The number of rotatable bonds is 4. The van der Waals surface area contributed by atoms with Crippen LogP contribution in [0.3, 0.4) is 0 Å². The topological polar surface area (TPSA) is 82.7 Å². The summed E-state index contributed by atoms with van der Waals surface area (Å²) in [4.78, 5) is 22.0. The standard InChI is InChI=1S/C20H23N7O.HI/c1-21-19(26-10-12-27(13-11-26)20-22-8-5-9-23-20)24-14-17-15-28-18(25-17)16-6-3-2-4-7-16;/h2-9,15H,10-14H2,1H3,(H,21,24);1H. The first kappa shape index (κ1) is 21.0. The third-order valence-corrected chi connectivity index (χ3v) is 4.63. The fourth-order valence-corrected chi connectivity index (χ4v) is 3.18. The van der Waals surface area contributed by atoms with Crippen molar-refractivity contribution in [3.05, 3.63) is 60.7 Å². The van der Waals surface area contributed by atoms with Crippen LogP contribution in [0.2, 0.25) is 0 Å². The number of aliphatic imine (C=N–C) groups is 1. The predicted molar refractivity (Wildman–Crippen MR) is 123 cm³/mol. The molecule has 1 N–H and O–H groups in total. The first-order valence-corrected chi connectivity index (χ1v) is 9.31. The minimum absolute atomic E-state index is 0. The Morgan fingerprint density at radius 1 is 1.07 bits per heavy atom. The Morgan fingerprint density at radius 3 is 2.48 bits per heavy atom. The molecule has 0 bridgehead atoms. The van der Waals surface area contributed by atoms with Crippen LogP contribution in [0.1, 0.15) is 5.69 Å². The maximum absolute atomic E-state index is 5.60. The van der Waals surface area contributed by atoms with Crippen molar-refractivity contribution >= 4 is 35.9 Å². The molecular formula is C20H24IN7O. The lowest BCUT2D eigenvalue weighted by Gasteiger charge is -2.36. The molecule has 4 rings (SSSR count). The molecule has 3 heterocycles. The van der Waals surface area contributed by atoms with E-state index < -0.39 is 0 Å². The number of halogens is 1. The number of benzene rings is 1. The number of nitrogens with one attached hydrogen (secondary N) is 1. The van der Waals surface area contributed by atoms with Crippen molar-refractivity contribution in [2.45, 2.75) is 6.54 Å². The second kappa shape index (κ2) is 10.2. The van der Waals surface area contributed by atoms with Crippen LogP contribution in [0.25, 0.3) is 11.5 Å². The number of aromatic nitrogens is 3. The van der Waals surface area contributed by atoms with Gasteiger partial charge in [-0.3, -0.25) is 4.99 Å².